The van der Waals surface area contributed by atoms with Crippen molar-refractivity contribution in [3.05, 3.63) is 30.5 Å². The van der Waals surface area contributed by atoms with Crippen LogP contribution >= 0.6 is 0 Å². The average Bonchev–Trinajstić information content (AvgIpc) is 3.27. The van der Waals surface area contributed by atoms with Gasteiger partial charge in [-0.25, -0.2) is 24.2 Å². The molecule has 2 aliphatic heterocycles. The lowest BCUT2D eigenvalue weighted by Gasteiger charge is -2.49. The number of carbonyl (C=O) groups excluding carboxylic acids is 1. The van der Waals surface area contributed by atoms with Crippen LogP contribution in [0.15, 0.2) is 30.5 Å². The predicted molar refractivity (Wildman–Crippen MR) is 129 cm³/mol. The molecule has 2 aromatic heterocycles. The molecule has 0 aliphatic carbocycles. The summed E-state index contributed by atoms with van der Waals surface area (Å²) in [5.74, 6) is 0.456. The zero-order valence-corrected chi connectivity index (χ0v) is 20.3. The summed E-state index contributed by atoms with van der Waals surface area (Å²) in [4.78, 5) is 35.7. The van der Waals surface area contributed by atoms with Crippen LogP contribution in [0, 0.1) is 0 Å². The SMILES string of the molecule is O=C(Nc1ccc(-c2nc(N3C4COCC3CN(C(=O)O)C4)c3cnn(CC(F)(F)F)c3n2)cc1)OCCO. The first-order valence-electron chi connectivity index (χ1n) is 11.9. The highest BCUT2D eigenvalue weighted by molar-refractivity contribution is 5.90. The van der Waals surface area contributed by atoms with Gasteiger partial charge in [0, 0.05) is 24.3 Å². The van der Waals surface area contributed by atoms with E-state index in [0.29, 0.717) is 22.5 Å². The van der Waals surface area contributed by atoms with E-state index in [4.69, 9.17) is 19.6 Å². The highest BCUT2D eigenvalue weighted by Crippen LogP contribution is 2.34. The molecule has 2 bridgehead atoms. The number of carbonyl (C=O) groups is 2. The van der Waals surface area contributed by atoms with Crippen molar-refractivity contribution in [3.8, 4) is 11.4 Å². The number of halogens is 3. The topological polar surface area (TPSA) is 155 Å². The smallest absolute Gasteiger partial charge is 0.411 e. The quantitative estimate of drug-likeness (QED) is 0.415. The van der Waals surface area contributed by atoms with Crippen molar-refractivity contribution in [3.63, 3.8) is 0 Å². The number of nitrogens with zero attached hydrogens (tertiary/aromatic N) is 6. The van der Waals surface area contributed by atoms with Gasteiger partial charge in [-0.3, -0.25) is 5.32 Å². The lowest BCUT2D eigenvalue weighted by Crippen LogP contribution is -2.65. The summed E-state index contributed by atoms with van der Waals surface area (Å²) in [5.41, 5.74) is 0.807. The van der Waals surface area contributed by atoms with Crippen molar-refractivity contribution in [2.24, 2.45) is 0 Å². The number of hydrogen-bond acceptors (Lipinski definition) is 9. The number of aromatic nitrogens is 4. The van der Waals surface area contributed by atoms with Gasteiger partial charge in [-0.15, -0.1) is 0 Å². The van der Waals surface area contributed by atoms with Crippen molar-refractivity contribution in [1.29, 1.82) is 0 Å². The van der Waals surface area contributed by atoms with Crippen LogP contribution in [0.25, 0.3) is 22.4 Å². The molecule has 2 atom stereocenters. The molecule has 0 saturated carbocycles. The second kappa shape index (κ2) is 10.5. The van der Waals surface area contributed by atoms with E-state index in [1.54, 1.807) is 24.3 Å². The van der Waals surface area contributed by atoms with E-state index in [1.165, 1.54) is 11.1 Å². The van der Waals surface area contributed by atoms with Gasteiger partial charge in [0.15, 0.2) is 11.5 Å². The number of morpholine rings is 1. The number of ether oxygens (including phenoxy) is 2. The Bertz CT molecular complexity index is 1350. The molecule has 2 amide bonds. The van der Waals surface area contributed by atoms with Crippen molar-refractivity contribution >= 4 is 34.7 Å². The summed E-state index contributed by atoms with van der Waals surface area (Å²) in [7, 11) is 0. The van der Waals surface area contributed by atoms with Crippen LogP contribution < -0.4 is 10.2 Å². The highest BCUT2D eigenvalue weighted by Gasteiger charge is 2.42. The Kier molecular flexibility index (Phi) is 7.14. The molecule has 0 radical (unpaired) electrons. The molecule has 16 heteroatoms. The van der Waals surface area contributed by atoms with E-state index in [0.717, 1.165) is 4.68 Å². The molecule has 1 aromatic carbocycles. The minimum atomic E-state index is -4.54. The number of aliphatic hydroxyl groups is 1. The number of alkyl halides is 3. The van der Waals surface area contributed by atoms with E-state index in [2.05, 4.69) is 15.4 Å². The number of aliphatic hydroxyl groups excluding tert-OH is 1. The fourth-order valence-corrected chi connectivity index (χ4v) is 4.71. The van der Waals surface area contributed by atoms with Crippen LogP contribution in [0.5, 0.6) is 0 Å². The molecular formula is C23H24F3N7O6. The lowest BCUT2D eigenvalue weighted by molar-refractivity contribution is -0.141. The summed E-state index contributed by atoms with van der Waals surface area (Å²) in [6.07, 6.45) is -5.08. The third kappa shape index (κ3) is 5.65. The second-order valence-electron chi connectivity index (χ2n) is 9.03. The number of nitrogens with one attached hydrogen (secondary N) is 1. The first-order valence-corrected chi connectivity index (χ1v) is 11.9. The van der Waals surface area contributed by atoms with Crippen LogP contribution in [-0.2, 0) is 16.0 Å². The third-order valence-corrected chi connectivity index (χ3v) is 6.30. The number of carboxylic acid groups (broad SMARTS) is 1. The molecule has 2 unspecified atom stereocenters. The van der Waals surface area contributed by atoms with Crippen LogP contribution in [-0.4, -0.2) is 105 Å². The molecule has 208 valence electrons. The van der Waals surface area contributed by atoms with Crippen LogP contribution in [0.4, 0.5) is 34.3 Å². The average molecular weight is 551 g/mol. The van der Waals surface area contributed by atoms with Gasteiger partial charge in [0.2, 0.25) is 0 Å². The molecule has 2 fully saturated rings. The van der Waals surface area contributed by atoms with Gasteiger partial charge in [-0.1, -0.05) is 0 Å². The Morgan fingerprint density at radius 1 is 1.13 bits per heavy atom. The standard InChI is InChI=1S/C23H24F3N7O6/c24-23(25,26)12-32-19-17(7-27-32)20(33-15-8-31(22(36)37)9-16(33)11-38-10-15)30-18(29-19)13-1-3-14(4-2-13)28-21(35)39-6-5-34/h1-4,7,15-16,34H,5-6,8-12H2,(H,28,35)(H,36,37). The minimum Gasteiger partial charge on any atom is -0.465 e. The monoisotopic (exact) mass is 551 g/mol. The van der Waals surface area contributed by atoms with Crippen LogP contribution in [0.3, 0.4) is 0 Å². The second-order valence-corrected chi connectivity index (χ2v) is 9.03. The minimum absolute atomic E-state index is 0.0261. The summed E-state index contributed by atoms with van der Waals surface area (Å²) in [6, 6.07) is 5.44. The van der Waals surface area contributed by atoms with Crippen molar-refractivity contribution in [2.45, 2.75) is 24.8 Å². The highest BCUT2D eigenvalue weighted by atomic mass is 19.4. The number of anilines is 2. The lowest BCUT2D eigenvalue weighted by atomic mass is 10.0. The van der Waals surface area contributed by atoms with Gasteiger partial charge < -0.3 is 29.5 Å². The van der Waals surface area contributed by atoms with Gasteiger partial charge >= 0.3 is 18.4 Å². The molecule has 4 heterocycles. The number of piperazine rings is 1. The molecule has 3 aromatic rings. The molecule has 39 heavy (non-hydrogen) atoms. The molecule has 0 spiro atoms. The fourth-order valence-electron chi connectivity index (χ4n) is 4.71. The maximum absolute atomic E-state index is 13.3. The molecular weight excluding hydrogens is 527 g/mol. The number of rotatable bonds is 6. The number of benzene rings is 1. The molecule has 13 nitrogen and oxygen atoms in total. The van der Waals surface area contributed by atoms with Gasteiger partial charge in [0.05, 0.1) is 43.5 Å². The molecule has 5 rings (SSSR count). The fraction of sp³-hybridized carbons (Fsp3) is 0.435. The Morgan fingerprint density at radius 3 is 2.44 bits per heavy atom. The maximum Gasteiger partial charge on any atom is 0.411 e. The largest absolute Gasteiger partial charge is 0.465 e. The van der Waals surface area contributed by atoms with Crippen molar-refractivity contribution in [1.82, 2.24) is 24.6 Å². The summed E-state index contributed by atoms with van der Waals surface area (Å²) >= 11 is 0. The first-order chi connectivity index (χ1) is 18.6. The summed E-state index contributed by atoms with van der Waals surface area (Å²) in [5, 5.41) is 25.0. The van der Waals surface area contributed by atoms with Crippen LogP contribution in [0.2, 0.25) is 0 Å². The predicted octanol–water partition coefficient (Wildman–Crippen LogP) is 2.16. The zero-order valence-electron chi connectivity index (χ0n) is 20.3. The van der Waals surface area contributed by atoms with E-state index < -0.39 is 37.0 Å². The molecule has 2 saturated heterocycles. The summed E-state index contributed by atoms with van der Waals surface area (Å²) < 4.78 is 51.1. The van der Waals surface area contributed by atoms with Crippen LogP contribution in [0.1, 0.15) is 0 Å². The maximum atomic E-state index is 13.3. The Hall–Kier alpha value is -4.18. The van der Waals surface area contributed by atoms with E-state index in [-0.39, 0.29) is 51.0 Å². The normalized spacial score (nSPS) is 19.3. The zero-order chi connectivity index (χ0) is 27.7. The van der Waals surface area contributed by atoms with Gasteiger partial charge in [-0.05, 0) is 24.3 Å². The number of hydrogen-bond donors (Lipinski definition) is 3. The van der Waals surface area contributed by atoms with E-state index in [1.807, 2.05) is 4.90 Å². The van der Waals surface area contributed by atoms with E-state index >= 15 is 0 Å². The Morgan fingerprint density at radius 2 is 1.82 bits per heavy atom. The van der Waals surface area contributed by atoms with Gasteiger partial charge in [0.25, 0.3) is 0 Å². The summed E-state index contributed by atoms with van der Waals surface area (Å²) in [6.45, 7) is -1.15. The third-order valence-electron chi connectivity index (χ3n) is 6.30. The molecule has 3 N–H and O–H groups in total. The number of fused-ring (bicyclic) bond motifs is 3. The van der Waals surface area contributed by atoms with E-state index in [9.17, 15) is 27.9 Å². The van der Waals surface area contributed by atoms with Gasteiger partial charge in [-0.2, -0.15) is 18.3 Å². The van der Waals surface area contributed by atoms with Gasteiger partial charge in [0.1, 0.15) is 19.0 Å². The molecule has 2 aliphatic rings. The number of amides is 2. The Labute approximate surface area is 218 Å². The first kappa shape index (κ1) is 26.4. The van der Waals surface area contributed by atoms with Crippen molar-refractivity contribution in [2.75, 3.05) is 49.7 Å². The van der Waals surface area contributed by atoms with Crippen molar-refractivity contribution < 1.29 is 42.4 Å². The Balaban J connectivity index is 1.54.